The number of carbonyl (C=O) groups excluding carboxylic acids is 1. The zero-order chi connectivity index (χ0) is 16.8. The molecule has 0 spiro atoms. The van der Waals surface area contributed by atoms with E-state index < -0.39 is 6.10 Å². The van der Waals surface area contributed by atoms with E-state index in [2.05, 4.69) is 12.2 Å². The van der Waals surface area contributed by atoms with Crippen molar-refractivity contribution in [3.05, 3.63) is 53.1 Å². The smallest absolute Gasteiger partial charge is 0.265 e. The lowest BCUT2D eigenvalue weighted by Crippen LogP contribution is -2.30. The normalized spacial score (nSPS) is 11.8. The SMILES string of the molecule is CCSc1ccccc1NC(=O)[C@@H](C)Oc1ccc(Cl)c(C)c1. The summed E-state index contributed by atoms with van der Waals surface area (Å²) in [7, 11) is 0. The molecule has 0 aliphatic heterocycles. The van der Waals surface area contributed by atoms with Crippen LogP contribution in [0.2, 0.25) is 5.02 Å². The van der Waals surface area contributed by atoms with Crippen LogP contribution in [0.5, 0.6) is 5.75 Å². The molecule has 0 radical (unpaired) electrons. The van der Waals surface area contributed by atoms with Gasteiger partial charge in [-0.1, -0.05) is 30.7 Å². The van der Waals surface area contributed by atoms with E-state index >= 15 is 0 Å². The summed E-state index contributed by atoms with van der Waals surface area (Å²) in [6, 6.07) is 13.1. The van der Waals surface area contributed by atoms with E-state index in [0.29, 0.717) is 10.8 Å². The second-order valence-corrected chi connectivity index (χ2v) is 6.80. The van der Waals surface area contributed by atoms with Gasteiger partial charge in [-0.3, -0.25) is 4.79 Å². The fraction of sp³-hybridized carbons (Fsp3) is 0.278. The van der Waals surface area contributed by atoms with Crippen LogP contribution in [0.15, 0.2) is 47.4 Å². The quantitative estimate of drug-likeness (QED) is 0.731. The molecule has 0 aliphatic rings. The number of rotatable bonds is 6. The number of hydrogen-bond acceptors (Lipinski definition) is 3. The molecule has 1 atom stereocenters. The van der Waals surface area contributed by atoms with Crippen molar-refractivity contribution in [3.8, 4) is 5.75 Å². The lowest BCUT2D eigenvalue weighted by Gasteiger charge is -2.16. The molecule has 2 aromatic rings. The Hall–Kier alpha value is -1.65. The zero-order valence-corrected chi connectivity index (χ0v) is 15.0. The van der Waals surface area contributed by atoms with Crippen molar-refractivity contribution in [1.29, 1.82) is 0 Å². The molecule has 2 aromatic carbocycles. The minimum absolute atomic E-state index is 0.179. The molecule has 0 saturated heterocycles. The minimum Gasteiger partial charge on any atom is -0.481 e. The van der Waals surface area contributed by atoms with Crippen molar-refractivity contribution in [2.45, 2.75) is 31.8 Å². The Morgan fingerprint density at radius 2 is 2.04 bits per heavy atom. The topological polar surface area (TPSA) is 38.3 Å². The lowest BCUT2D eigenvalue weighted by atomic mass is 10.2. The molecule has 0 fully saturated rings. The van der Waals surface area contributed by atoms with E-state index in [9.17, 15) is 4.79 Å². The molecule has 0 saturated carbocycles. The van der Waals surface area contributed by atoms with E-state index in [1.54, 1.807) is 30.8 Å². The summed E-state index contributed by atoms with van der Waals surface area (Å²) in [6.07, 6.45) is -0.602. The number of nitrogens with one attached hydrogen (secondary N) is 1. The minimum atomic E-state index is -0.602. The van der Waals surface area contributed by atoms with Gasteiger partial charge in [0.05, 0.1) is 5.69 Å². The van der Waals surface area contributed by atoms with Crippen LogP contribution >= 0.6 is 23.4 Å². The second kappa shape index (κ2) is 8.27. The number of carbonyl (C=O) groups is 1. The number of halogens is 1. The van der Waals surface area contributed by atoms with Gasteiger partial charge in [0.15, 0.2) is 6.10 Å². The number of ether oxygens (including phenoxy) is 1. The monoisotopic (exact) mass is 349 g/mol. The van der Waals surface area contributed by atoms with Gasteiger partial charge in [-0.15, -0.1) is 11.8 Å². The number of amides is 1. The van der Waals surface area contributed by atoms with Crippen LogP contribution < -0.4 is 10.1 Å². The summed E-state index contributed by atoms with van der Waals surface area (Å²) in [5.41, 5.74) is 1.73. The van der Waals surface area contributed by atoms with Crippen molar-refractivity contribution in [2.75, 3.05) is 11.1 Å². The summed E-state index contributed by atoms with van der Waals surface area (Å²) < 4.78 is 5.71. The van der Waals surface area contributed by atoms with Crippen LogP contribution in [0.25, 0.3) is 0 Å². The van der Waals surface area contributed by atoms with Gasteiger partial charge in [0.2, 0.25) is 0 Å². The van der Waals surface area contributed by atoms with Gasteiger partial charge in [-0.25, -0.2) is 0 Å². The van der Waals surface area contributed by atoms with Gasteiger partial charge >= 0.3 is 0 Å². The Labute approximate surface area is 146 Å². The van der Waals surface area contributed by atoms with Crippen LogP contribution in [0, 0.1) is 6.92 Å². The highest BCUT2D eigenvalue weighted by Gasteiger charge is 2.16. The third kappa shape index (κ3) is 4.91. The standard InChI is InChI=1S/C18H20ClNO2S/c1-4-23-17-8-6-5-7-16(17)20-18(21)13(3)22-14-9-10-15(19)12(2)11-14/h5-11,13H,4H2,1-3H3,(H,20,21)/t13-/m1/s1. The van der Waals surface area contributed by atoms with Crippen LogP contribution in [0.4, 0.5) is 5.69 Å². The zero-order valence-electron chi connectivity index (χ0n) is 13.4. The maximum Gasteiger partial charge on any atom is 0.265 e. The van der Waals surface area contributed by atoms with Crippen molar-refractivity contribution >= 4 is 35.0 Å². The summed E-state index contributed by atoms with van der Waals surface area (Å²) in [5, 5.41) is 3.61. The highest BCUT2D eigenvalue weighted by molar-refractivity contribution is 7.99. The molecule has 1 amide bonds. The van der Waals surface area contributed by atoms with Gasteiger partial charge in [0, 0.05) is 9.92 Å². The van der Waals surface area contributed by atoms with E-state index in [1.807, 2.05) is 37.3 Å². The summed E-state index contributed by atoms with van der Waals surface area (Å²) in [6.45, 7) is 5.71. The number of thioether (sulfide) groups is 1. The first kappa shape index (κ1) is 17.7. The first-order valence-corrected chi connectivity index (χ1v) is 8.83. The molecule has 0 bridgehead atoms. The van der Waals surface area contributed by atoms with Crippen molar-refractivity contribution in [2.24, 2.45) is 0 Å². The van der Waals surface area contributed by atoms with Gasteiger partial charge in [-0.05, 0) is 55.5 Å². The predicted molar refractivity (Wildman–Crippen MR) is 97.7 cm³/mol. The Morgan fingerprint density at radius 1 is 1.30 bits per heavy atom. The molecule has 5 heteroatoms. The van der Waals surface area contributed by atoms with Crippen molar-refractivity contribution < 1.29 is 9.53 Å². The molecule has 1 N–H and O–H groups in total. The fourth-order valence-corrected chi connectivity index (χ4v) is 2.91. The number of benzene rings is 2. The fourth-order valence-electron chi connectivity index (χ4n) is 2.03. The van der Waals surface area contributed by atoms with Crippen LogP contribution in [0.3, 0.4) is 0 Å². The molecule has 2 rings (SSSR count). The highest BCUT2D eigenvalue weighted by Crippen LogP contribution is 2.27. The first-order chi connectivity index (χ1) is 11.0. The number of hydrogen-bond donors (Lipinski definition) is 1. The van der Waals surface area contributed by atoms with Gasteiger partial charge in [-0.2, -0.15) is 0 Å². The molecular weight excluding hydrogens is 330 g/mol. The van der Waals surface area contributed by atoms with Crippen molar-refractivity contribution in [1.82, 2.24) is 0 Å². The molecule has 0 aromatic heterocycles. The maximum absolute atomic E-state index is 12.4. The highest BCUT2D eigenvalue weighted by atomic mass is 35.5. The molecule has 122 valence electrons. The summed E-state index contributed by atoms with van der Waals surface area (Å²) in [5.74, 6) is 1.40. The third-order valence-corrected chi connectivity index (χ3v) is 4.64. The third-order valence-electron chi connectivity index (χ3n) is 3.26. The Morgan fingerprint density at radius 3 is 2.74 bits per heavy atom. The average molecular weight is 350 g/mol. The van der Waals surface area contributed by atoms with E-state index in [-0.39, 0.29) is 5.91 Å². The Balaban J connectivity index is 2.04. The second-order valence-electron chi connectivity index (χ2n) is 5.09. The van der Waals surface area contributed by atoms with E-state index in [4.69, 9.17) is 16.3 Å². The largest absolute Gasteiger partial charge is 0.481 e. The molecular formula is C18H20ClNO2S. The first-order valence-electron chi connectivity index (χ1n) is 7.46. The van der Waals surface area contributed by atoms with E-state index in [0.717, 1.165) is 21.9 Å². The van der Waals surface area contributed by atoms with Gasteiger partial charge in [0.25, 0.3) is 5.91 Å². The summed E-state index contributed by atoms with van der Waals surface area (Å²) >= 11 is 7.69. The van der Waals surface area contributed by atoms with Crippen LogP contribution in [-0.4, -0.2) is 17.8 Å². The van der Waals surface area contributed by atoms with Crippen LogP contribution in [0.1, 0.15) is 19.4 Å². The predicted octanol–water partition coefficient (Wildman–Crippen LogP) is 5.17. The summed E-state index contributed by atoms with van der Waals surface area (Å²) in [4.78, 5) is 13.4. The number of para-hydroxylation sites is 1. The Kier molecular flexibility index (Phi) is 6.37. The molecule has 0 heterocycles. The maximum atomic E-state index is 12.4. The van der Waals surface area contributed by atoms with Crippen LogP contribution in [-0.2, 0) is 4.79 Å². The molecule has 3 nitrogen and oxygen atoms in total. The average Bonchev–Trinajstić information content (AvgIpc) is 2.53. The molecule has 0 unspecified atom stereocenters. The number of aryl methyl sites for hydroxylation is 1. The van der Waals surface area contributed by atoms with Gasteiger partial charge in [0.1, 0.15) is 5.75 Å². The van der Waals surface area contributed by atoms with Crippen molar-refractivity contribution in [3.63, 3.8) is 0 Å². The Bertz CT molecular complexity index is 690. The van der Waals surface area contributed by atoms with Gasteiger partial charge < -0.3 is 10.1 Å². The van der Waals surface area contributed by atoms with E-state index in [1.165, 1.54) is 0 Å². The molecule has 0 aliphatic carbocycles. The lowest BCUT2D eigenvalue weighted by molar-refractivity contribution is -0.122. The molecule has 23 heavy (non-hydrogen) atoms. The number of anilines is 1.